The van der Waals surface area contributed by atoms with Crippen molar-refractivity contribution in [3.63, 3.8) is 0 Å². The van der Waals surface area contributed by atoms with E-state index in [1.807, 2.05) is 6.92 Å². The molecule has 3 rings (SSSR count). The van der Waals surface area contributed by atoms with E-state index in [1.54, 1.807) is 0 Å². The number of hydrogen-bond acceptors (Lipinski definition) is 5. The van der Waals surface area contributed by atoms with Crippen molar-refractivity contribution < 1.29 is 35.9 Å². The third kappa shape index (κ3) is 6.82. The first-order valence-electron chi connectivity index (χ1n) is 10.8. The number of rotatable bonds is 8. The van der Waals surface area contributed by atoms with Crippen LogP contribution in [0.15, 0.2) is 29.2 Å². The molecule has 1 amide bonds. The van der Waals surface area contributed by atoms with E-state index < -0.39 is 22.1 Å². The lowest BCUT2D eigenvalue weighted by Crippen LogP contribution is -2.44. The Balaban J connectivity index is 1.50. The number of amides is 1. The highest BCUT2D eigenvalue weighted by Crippen LogP contribution is 2.28. The molecule has 7 nitrogen and oxygen atoms in total. The lowest BCUT2D eigenvalue weighted by Gasteiger charge is -2.31. The van der Waals surface area contributed by atoms with E-state index in [0.29, 0.717) is 12.8 Å². The number of carbonyl (C=O) groups excluding carboxylic acids is 1. The summed E-state index contributed by atoms with van der Waals surface area (Å²) in [5.41, 5.74) is 0. The minimum Gasteiger partial charge on any atom is -0.406 e. The minimum atomic E-state index is -4.91. The van der Waals surface area contributed by atoms with Crippen LogP contribution in [0.3, 0.4) is 0 Å². The largest absolute Gasteiger partial charge is 0.573 e. The maximum Gasteiger partial charge on any atom is 0.573 e. The maximum absolute atomic E-state index is 12.8. The van der Waals surface area contributed by atoms with Gasteiger partial charge in [-0.05, 0) is 57.6 Å². The number of alkyl halides is 3. The summed E-state index contributed by atoms with van der Waals surface area (Å²) in [6.07, 6.45) is -0.0941. The zero-order valence-electron chi connectivity index (χ0n) is 17.9. The van der Waals surface area contributed by atoms with Crippen molar-refractivity contribution in [1.29, 1.82) is 0 Å². The smallest absolute Gasteiger partial charge is 0.406 e. The fourth-order valence-corrected chi connectivity index (χ4v) is 5.59. The number of hydrogen-bond donors (Lipinski definition) is 1. The van der Waals surface area contributed by atoms with Crippen LogP contribution in [0.2, 0.25) is 0 Å². The fourth-order valence-electron chi connectivity index (χ4n) is 4.08. The Morgan fingerprint density at radius 2 is 2.00 bits per heavy atom. The lowest BCUT2D eigenvalue weighted by atomic mass is 9.96. The van der Waals surface area contributed by atoms with Gasteiger partial charge in [0.15, 0.2) is 0 Å². The SMILES string of the molecule is CC(CCC1CCCO1)NC(=O)C1CCN(S(=O)(=O)c2cccc(OC(F)(F)F)c2)CC1. The second kappa shape index (κ2) is 10.4. The van der Waals surface area contributed by atoms with Crippen molar-refractivity contribution in [2.24, 2.45) is 5.92 Å². The predicted molar refractivity (Wildman–Crippen MR) is 110 cm³/mol. The van der Waals surface area contributed by atoms with Crippen LogP contribution in [-0.4, -0.2) is 56.8 Å². The number of halogens is 3. The van der Waals surface area contributed by atoms with Gasteiger partial charge in [-0.1, -0.05) is 6.07 Å². The van der Waals surface area contributed by atoms with Crippen molar-refractivity contribution in [3.05, 3.63) is 24.3 Å². The van der Waals surface area contributed by atoms with Gasteiger partial charge in [0, 0.05) is 37.7 Å². The standard InChI is InChI=1S/C21H29F3N2O5S/c1-15(7-8-17-5-3-13-30-17)25-20(27)16-9-11-26(12-10-16)32(28,29)19-6-2-4-18(14-19)31-21(22,23)24/h2,4,6,14-17H,3,5,7-13H2,1H3,(H,25,27). The first kappa shape index (κ1) is 24.8. The van der Waals surface area contributed by atoms with Crippen LogP contribution in [0, 0.1) is 5.92 Å². The summed E-state index contributed by atoms with van der Waals surface area (Å²) < 4.78 is 73.6. The number of carbonyl (C=O) groups is 1. The summed E-state index contributed by atoms with van der Waals surface area (Å²) in [6, 6.07) is 4.34. The quantitative estimate of drug-likeness (QED) is 0.619. The summed E-state index contributed by atoms with van der Waals surface area (Å²) in [6.45, 7) is 2.99. The number of ether oxygens (including phenoxy) is 2. The maximum atomic E-state index is 12.8. The zero-order chi connectivity index (χ0) is 23.4. The average molecular weight is 479 g/mol. The van der Waals surface area contributed by atoms with Crippen LogP contribution in [0.4, 0.5) is 13.2 Å². The van der Waals surface area contributed by atoms with Gasteiger partial charge in [-0.15, -0.1) is 13.2 Å². The molecule has 2 fully saturated rings. The summed E-state index contributed by atoms with van der Waals surface area (Å²) in [7, 11) is -3.99. The van der Waals surface area contributed by atoms with Crippen LogP contribution < -0.4 is 10.1 Å². The molecule has 11 heteroatoms. The topological polar surface area (TPSA) is 84.9 Å². The highest BCUT2D eigenvalue weighted by atomic mass is 32.2. The molecule has 2 atom stereocenters. The Kier molecular flexibility index (Phi) is 8.05. The van der Waals surface area contributed by atoms with E-state index in [1.165, 1.54) is 16.4 Å². The molecule has 1 aromatic rings. The molecular formula is C21H29F3N2O5S. The van der Waals surface area contributed by atoms with Gasteiger partial charge in [0.05, 0.1) is 11.0 Å². The first-order valence-corrected chi connectivity index (χ1v) is 12.3. The number of nitrogens with zero attached hydrogens (tertiary/aromatic N) is 1. The molecule has 2 aliphatic rings. The molecule has 2 heterocycles. The molecular weight excluding hydrogens is 449 g/mol. The summed E-state index contributed by atoms with van der Waals surface area (Å²) in [4.78, 5) is 12.3. The van der Waals surface area contributed by atoms with Crippen molar-refractivity contribution >= 4 is 15.9 Å². The van der Waals surface area contributed by atoms with E-state index >= 15 is 0 Å². The predicted octanol–water partition coefficient (Wildman–Crippen LogP) is 3.45. The zero-order valence-corrected chi connectivity index (χ0v) is 18.8. The van der Waals surface area contributed by atoms with Gasteiger partial charge in [-0.2, -0.15) is 4.31 Å². The lowest BCUT2D eigenvalue weighted by molar-refractivity contribution is -0.274. The molecule has 32 heavy (non-hydrogen) atoms. The van der Waals surface area contributed by atoms with E-state index in [-0.39, 0.29) is 42.0 Å². The van der Waals surface area contributed by atoms with Gasteiger partial charge in [-0.3, -0.25) is 4.79 Å². The average Bonchev–Trinajstić information content (AvgIpc) is 3.25. The molecule has 0 aliphatic carbocycles. The molecule has 0 radical (unpaired) electrons. The molecule has 0 saturated carbocycles. The Hall–Kier alpha value is -1.85. The van der Waals surface area contributed by atoms with E-state index in [9.17, 15) is 26.4 Å². The molecule has 1 N–H and O–H groups in total. The van der Waals surface area contributed by atoms with Crippen LogP contribution in [0.1, 0.15) is 45.4 Å². The third-order valence-corrected chi connectivity index (χ3v) is 7.73. The second-order valence-corrected chi connectivity index (χ2v) is 10.3. The minimum absolute atomic E-state index is 0.00448. The Bertz CT molecular complexity index is 880. The summed E-state index contributed by atoms with van der Waals surface area (Å²) >= 11 is 0. The van der Waals surface area contributed by atoms with Gasteiger partial charge in [0.1, 0.15) is 5.75 Å². The van der Waals surface area contributed by atoms with Crippen molar-refractivity contribution in [2.75, 3.05) is 19.7 Å². The van der Waals surface area contributed by atoms with Crippen molar-refractivity contribution in [1.82, 2.24) is 9.62 Å². The summed E-state index contributed by atoms with van der Waals surface area (Å²) in [5.74, 6) is -0.987. The first-order chi connectivity index (χ1) is 15.0. The molecule has 0 aromatic heterocycles. The van der Waals surface area contributed by atoms with Crippen molar-refractivity contribution in [3.8, 4) is 5.75 Å². The van der Waals surface area contributed by atoms with Crippen molar-refractivity contribution in [2.45, 2.75) is 68.9 Å². The summed E-state index contributed by atoms with van der Waals surface area (Å²) in [5, 5.41) is 3.00. The highest BCUT2D eigenvalue weighted by molar-refractivity contribution is 7.89. The molecule has 1 aromatic carbocycles. The Morgan fingerprint density at radius 1 is 1.28 bits per heavy atom. The third-order valence-electron chi connectivity index (χ3n) is 5.84. The van der Waals surface area contributed by atoms with Crippen LogP contribution >= 0.6 is 0 Å². The molecule has 0 spiro atoms. The van der Waals surface area contributed by atoms with E-state index in [0.717, 1.165) is 44.4 Å². The molecule has 0 bridgehead atoms. The van der Waals surface area contributed by atoms with Gasteiger partial charge >= 0.3 is 6.36 Å². The highest BCUT2D eigenvalue weighted by Gasteiger charge is 2.34. The fraction of sp³-hybridized carbons (Fsp3) is 0.667. The molecule has 2 saturated heterocycles. The molecule has 2 aliphatic heterocycles. The van der Waals surface area contributed by atoms with Crippen LogP contribution in [0.25, 0.3) is 0 Å². The molecule has 180 valence electrons. The monoisotopic (exact) mass is 478 g/mol. The van der Waals surface area contributed by atoms with E-state index in [4.69, 9.17) is 4.74 Å². The van der Waals surface area contributed by atoms with Gasteiger partial charge in [-0.25, -0.2) is 8.42 Å². The second-order valence-electron chi connectivity index (χ2n) is 8.32. The normalized spacial score (nSPS) is 21.9. The Labute approximate surface area is 186 Å². The van der Waals surface area contributed by atoms with Gasteiger partial charge < -0.3 is 14.8 Å². The number of nitrogens with one attached hydrogen (secondary N) is 1. The Morgan fingerprint density at radius 3 is 2.62 bits per heavy atom. The van der Waals surface area contributed by atoms with Crippen LogP contribution in [-0.2, 0) is 19.6 Å². The van der Waals surface area contributed by atoms with E-state index in [2.05, 4.69) is 10.1 Å². The number of benzene rings is 1. The van der Waals surface area contributed by atoms with Crippen LogP contribution in [0.5, 0.6) is 5.75 Å². The van der Waals surface area contributed by atoms with Gasteiger partial charge in [0.25, 0.3) is 0 Å². The number of piperidine rings is 1. The van der Waals surface area contributed by atoms with Gasteiger partial charge in [0.2, 0.25) is 15.9 Å². The number of sulfonamides is 1. The molecule has 2 unspecified atom stereocenters.